The van der Waals surface area contributed by atoms with Crippen molar-refractivity contribution in [3.63, 3.8) is 0 Å². The fraction of sp³-hybridized carbons (Fsp3) is 0.143. The minimum atomic E-state index is -2.36. The number of nitrogens with one attached hydrogen (secondary N) is 1. The first-order chi connectivity index (χ1) is 13.5. The van der Waals surface area contributed by atoms with Gasteiger partial charge in [-0.3, -0.25) is 4.57 Å². The summed E-state index contributed by atoms with van der Waals surface area (Å²) >= 11 is 0. The van der Waals surface area contributed by atoms with Gasteiger partial charge in [-0.25, -0.2) is 9.97 Å². The van der Waals surface area contributed by atoms with Crippen molar-refractivity contribution in [2.24, 2.45) is 0 Å². The fourth-order valence-corrected chi connectivity index (χ4v) is 3.89. The third-order valence-corrected chi connectivity index (χ3v) is 6.06. The number of imidazole rings is 1. The van der Waals surface area contributed by atoms with Crippen LogP contribution in [0.4, 0.5) is 11.5 Å². The SMILES string of the molecule is COc1cc(P(C)(C)=O)ccc1Nc1cc2c(cn1)ncn2-c1ccccc1. The second-order valence-corrected chi connectivity index (χ2v) is 10.1. The third kappa shape index (κ3) is 3.51. The standard InChI is InChI=1S/C21H21N4O2P/c1-27-20-11-16(28(2,3)26)9-10-17(20)24-21-12-19-18(13-22-21)23-14-25(19)15-7-5-4-6-8-15/h4-14H,1-3H3,(H,22,24). The Kier molecular flexibility index (Phi) is 4.65. The number of hydrogen-bond donors (Lipinski definition) is 1. The molecule has 0 amide bonds. The molecule has 0 saturated carbocycles. The molecule has 2 aromatic carbocycles. The van der Waals surface area contributed by atoms with Crippen molar-refractivity contribution in [1.29, 1.82) is 0 Å². The van der Waals surface area contributed by atoms with E-state index in [1.165, 1.54) is 0 Å². The van der Waals surface area contributed by atoms with Crippen LogP contribution in [0.3, 0.4) is 0 Å². The number of methoxy groups -OCH3 is 1. The summed E-state index contributed by atoms with van der Waals surface area (Å²) in [5.74, 6) is 1.30. The lowest BCUT2D eigenvalue weighted by Crippen LogP contribution is -2.05. The zero-order valence-corrected chi connectivity index (χ0v) is 16.9. The largest absolute Gasteiger partial charge is 0.495 e. The molecular weight excluding hydrogens is 371 g/mol. The molecule has 0 radical (unpaired) electrons. The molecule has 142 valence electrons. The maximum absolute atomic E-state index is 12.3. The quantitative estimate of drug-likeness (QED) is 0.509. The van der Waals surface area contributed by atoms with Crippen molar-refractivity contribution in [2.75, 3.05) is 25.8 Å². The van der Waals surface area contributed by atoms with Crippen LogP contribution in [0.1, 0.15) is 0 Å². The summed E-state index contributed by atoms with van der Waals surface area (Å²) < 4.78 is 19.9. The Hall–Kier alpha value is -3.11. The van der Waals surface area contributed by atoms with Crippen molar-refractivity contribution < 1.29 is 9.30 Å². The van der Waals surface area contributed by atoms with Crippen LogP contribution >= 0.6 is 7.14 Å². The average Bonchev–Trinajstić information content (AvgIpc) is 3.11. The van der Waals surface area contributed by atoms with Gasteiger partial charge in [0, 0.05) is 17.1 Å². The van der Waals surface area contributed by atoms with Crippen LogP contribution in [0, 0.1) is 0 Å². The fourth-order valence-electron chi connectivity index (χ4n) is 3.03. The Morgan fingerprint density at radius 1 is 1.04 bits per heavy atom. The van der Waals surface area contributed by atoms with Crippen LogP contribution in [0.5, 0.6) is 5.75 Å². The Bertz CT molecular complexity index is 1180. The molecule has 6 nitrogen and oxygen atoms in total. The topological polar surface area (TPSA) is 69.0 Å². The number of hydrogen-bond acceptors (Lipinski definition) is 5. The highest BCUT2D eigenvalue weighted by Gasteiger charge is 2.15. The Labute approximate surface area is 163 Å². The molecular formula is C21H21N4O2P. The molecule has 0 bridgehead atoms. The molecule has 7 heteroatoms. The van der Waals surface area contributed by atoms with Gasteiger partial charge < -0.3 is 14.6 Å². The van der Waals surface area contributed by atoms with Crippen LogP contribution in [0.2, 0.25) is 0 Å². The van der Waals surface area contributed by atoms with Crippen LogP contribution in [0.25, 0.3) is 16.7 Å². The summed E-state index contributed by atoms with van der Waals surface area (Å²) in [5, 5.41) is 4.07. The molecule has 4 aromatic rings. The summed E-state index contributed by atoms with van der Waals surface area (Å²) in [5.41, 5.74) is 3.56. The molecule has 1 N–H and O–H groups in total. The first-order valence-corrected chi connectivity index (χ1v) is 11.4. The van der Waals surface area contributed by atoms with E-state index in [4.69, 9.17) is 4.74 Å². The van der Waals surface area contributed by atoms with Gasteiger partial charge in [-0.1, -0.05) is 18.2 Å². The normalized spacial score (nSPS) is 11.5. The Morgan fingerprint density at radius 2 is 1.82 bits per heavy atom. The minimum absolute atomic E-state index is 0.625. The van der Waals surface area contributed by atoms with Crippen LogP contribution in [0.15, 0.2) is 67.1 Å². The molecule has 2 aromatic heterocycles. The third-order valence-electron chi connectivity index (χ3n) is 4.54. The zero-order chi connectivity index (χ0) is 19.7. The highest BCUT2D eigenvalue weighted by atomic mass is 31.2. The summed E-state index contributed by atoms with van der Waals surface area (Å²) in [6.45, 7) is 3.49. The lowest BCUT2D eigenvalue weighted by molar-refractivity contribution is 0.417. The van der Waals surface area contributed by atoms with Crippen LogP contribution in [-0.4, -0.2) is 35.0 Å². The van der Waals surface area contributed by atoms with Gasteiger partial charge in [0.2, 0.25) is 0 Å². The van der Waals surface area contributed by atoms with Gasteiger partial charge in [0.05, 0.1) is 24.5 Å². The maximum atomic E-state index is 12.3. The number of para-hydroxylation sites is 1. The van der Waals surface area contributed by atoms with Crippen molar-refractivity contribution in [3.05, 3.63) is 67.1 Å². The molecule has 0 saturated heterocycles. The van der Waals surface area contributed by atoms with Gasteiger partial charge in [0.15, 0.2) is 0 Å². The van der Waals surface area contributed by atoms with E-state index in [2.05, 4.69) is 15.3 Å². The molecule has 0 spiro atoms. The van der Waals surface area contributed by atoms with Gasteiger partial charge in [0.25, 0.3) is 0 Å². The summed E-state index contributed by atoms with van der Waals surface area (Å²) in [4.78, 5) is 8.89. The predicted molar refractivity (Wildman–Crippen MR) is 114 cm³/mol. The van der Waals surface area contributed by atoms with E-state index in [9.17, 15) is 4.57 Å². The molecule has 0 unspecified atom stereocenters. The highest BCUT2D eigenvalue weighted by Crippen LogP contribution is 2.38. The van der Waals surface area contributed by atoms with Gasteiger partial charge in [-0.15, -0.1) is 0 Å². The molecule has 4 rings (SSSR count). The number of ether oxygens (including phenoxy) is 1. The lowest BCUT2D eigenvalue weighted by atomic mass is 10.2. The number of anilines is 2. The van der Waals surface area contributed by atoms with Crippen molar-refractivity contribution in [2.45, 2.75) is 0 Å². The Morgan fingerprint density at radius 3 is 2.54 bits per heavy atom. The van der Waals surface area contributed by atoms with Gasteiger partial charge in [-0.05, 0) is 43.7 Å². The second-order valence-electron chi connectivity index (χ2n) is 6.87. The van der Waals surface area contributed by atoms with E-state index in [0.29, 0.717) is 11.6 Å². The van der Waals surface area contributed by atoms with E-state index in [0.717, 1.165) is 27.7 Å². The minimum Gasteiger partial charge on any atom is -0.495 e. The number of benzene rings is 2. The second kappa shape index (κ2) is 7.13. The van der Waals surface area contributed by atoms with Crippen molar-refractivity contribution in [1.82, 2.24) is 14.5 Å². The monoisotopic (exact) mass is 392 g/mol. The molecule has 0 atom stereocenters. The lowest BCUT2D eigenvalue weighted by Gasteiger charge is -2.14. The number of rotatable bonds is 5. The van der Waals surface area contributed by atoms with Gasteiger partial charge in [-0.2, -0.15) is 0 Å². The summed E-state index contributed by atoms with van der Waals surface area (Å²) in [7, 11) is -0.761. The van der Waals surface area contributed by atoms with Crippen molar-refractivity contribution in [3.8, 4) is 11.4 Å². The summed E-state index contributed by atoms with van der Waals surface area (Å²) in [6, 6.07) is 17.5. The summed E-state index contributed by atoms with van der Waals surface area (Å²) in [6.07, 6.45) is 3.53. The van der Waals surface area contributed by atoms with E-state index in [1.807, 2.05) is 59.2 Å². The Balaban J connectivity index is 1.72. The number of fused-ring (bicyclic) bond motifs is 1. The predicted octanol–water partition coefficient (Wildman–Crippen LogP) is 4.42. The van der Waals surface area contributed by atoms with Crippen molar-refractivity contribution >= 4 is 35.0 Å². The van der Waals surface area contributed by atoms with E-state index in [1.54, 1.807) is 33.0 Å². The maximum Gasteiger partial charge on any atom is 0.143 e. The smallest absolute Gasteiger partial charge is 0.143 e. The number of aromatic nitrogens is 3. The van der Waals surface area contributed by atoms with E-state index >= 15 is 0 Å². The molecule has 2 heterocycles. The van der Waals surface area contributed by atoms with Crippen LogP contribution < -0.4 is 15.4 Å². The molecule has 0 fully saturated rings. The number of nitrogens with zero attached hydrogens (tertiary/aromatic N) is 3. The zero-order valence-electron chi connectivity index (χ0n) is 16.0. The van der Waals surface area contributed by atoms with Crippen LogP contribution in [-0.2, 0) is 4.57 Å². The molecule has 0 aliphatic heterocycles. The average molecular weight is 392 g/mol. The molecule has 0 aliphatic rings. The van der Waals surface area contributed by atoms with Gasteiger partial charge >= 0.3 is 0 Å². The first-order valence-electron chi connectivity index (χ1n) is 8.85. The number of pyridine rings is 1. The molecule has 0 aliphatic carbocycles. The first kappa shape index (κ1) is 18.3. The highest BCUT2D eigenvalue weighted by molar-refractivity contribution is 7.70. The van der Waals surface area contributed by atoms with E-state index in [-0.39, 0.29) is 0 Å². The van der Waals surface area contributed by atoms with E-state index < -0.39 is 7.14 Å². The molecule has 28 heavy (non-hydrogen) atoms. The van der Waals surface area contributed by atoms with Gasteiger partial charge in [0.1, 0.15) is 30.6 Å².